The third-order valence-electron chi connectivity index (χ3n) is 4.33. The number of carbonyl (C=O) groups excluding carboxylic acids is 1. The second-order valence-corrected chi connectivity index (χ2v) is 6.95. The minimum Gasteiger partial charge on any atom is -0.383 e. The van der Waals surface area contributed by atoms with Crippen molar-refractivity contribution in [2.24, 2.45) is 0 Å². The Morgan fingerprint density at radius 1 is 1.29 bits per heavy atom. The van der Waals surface area contributed by atoms with Crippen LogP contribution in [0.25, 0.3) is 0 Å². The van der Waals surface area contributed by atoms with Crippen LogP contribution in [0.5, 0.6) is 0 Å². The van der Waals surface area contributed by atoms with E-state index in [2.05, 4.69) is 10.3 Å². The Hall–Kier alpha value is -2.74. The highest BCUT2D eigenvalue weighted by molar-refractivity contribution is 6.31. The van der Waals surface area contributed by atoms with E-state index in [0.29, 0.717) is 30.1 Å². The van der Waals surface area contributed by atoms with E-state index >= 15 is 0 Å². The largest absolute Gasteiger partial charge is 0.383 e. The summed E-state index contributed by atoms with van der Waals surface area (Å²) < 4.78 is 1.27. The maximum Gasteiger partial charge on any atom is 0.330 e. The lowest BCUT2D eigenvalue weighted by Gasteiger charge is -2.24. The molecule has 0 aliphatic carbocycles. The van der Waals surface area contributed by atoms with E-state index in [0.717, 1.165) is 12.0 Å². The number of hydrogen-bond acceptors (Lipinski definition) is 4. The zero-order valence-electron chi connectivity index (χ0n) is 16.3. The molecule has 0 bridgehead atoms. The van der Waals surface area contributed by atoms with Crippen LogP contribution in [-0.4, -0.2) is 22.1 Å². The SMILES string of the molecule is CCCCN(C(=O)Nc1ccc(C)c(Cl)c1)c1c(N)n(CCC)c(=O)[nH]c1=O. The number of aromatic nitrogens is 2. The molecule has 0 saturated carbocycles. The Bertz CT molecular complexity index is 967. The number of halogens is 1. The number of hydrogen-bond donors (Lipinski definition) is 3. The standard InChI is InChI=1S/C19H26ClN5O3/c1-4-6-10-24(18(27)22-13-8-7-12(3)14(20)11-13)15-16(21)25(9-5-2)19(28)23-17(15)26/h7-8,11H,4-6,9-10,21H2,1-3H3,(H,22,27)(H,23,26,28). The maximum absolute atomic E-state index is 12.9. The maximum atomic E-state index is 12.9. The van der Waals surface area contributed by atoms with Gasteiger partial charge in [0.05, 0.1) is 0 Å². The number of nitrogens with two attached hydrogens (primary N) is 1. The molecule has 1 heterocycles. The predicted molar refractivity (Wildman–Crippen MR) is 113 cm³/mol. The molecule has 2 aromatic rings. The van der Waals surface area contributed by atoms with Crippen LogP contribution in [0.3, 0.4) is 0 Å². The van der Waals surface area contributed by atoms with E-state index in [1.165, 1.54) is 9.47 Å². The molecule has 0 fully saturated rings. The van der Waals surface area contributed by atoms with Crippen molar-refractivity contribution >= 4 is 34.8 Å². The van der Waals surface area contributed by atoms with Gasteiger partial charge in [-0.15, -0.1) is 0 Å². The van der Waals surface area contributed by atoms with Crippen molar-refractivity contribution in [3.63, 3.8) is 0 Å². The predicted octanol–water partition coefficient (Wildman–Crippen LogP) is 3.33. The van der Waals surface area contributed by atoms with Gasteiger partial charge >= 0.3 is 11.7 Å². The second kappa shape index (κ2) is 9.45. The first kappa shape index (κ1) is 21.6. The van der Waals surface area contributed by atoms with Crippen LogP contribution in [0.15, 0.2) is 27.8 Å². The Morgan fingerprint density at radius 2 is 2.00 bits per heavy atom. The summed E-state index contributed by atoms with van der Waals surface area (Å²) in [5.41, 5.74) is 6.19. The Labute approximate surface area is 168 Å². The summed E-state index contributed by atoms with van der Waals surface area (Å²) >= 11 is 6.12. The Kier molecular flexibility index (Phi) is 7.28. The topological polar surface area (TPSA) is 113 Å². The molecule has 2 rings (SSSR count). The van der Waals surface area contributed by atoms with Gasteiger partial charge < -0.3 is 11.1 Å². The zero-order chi connectivity index (χ0) is 20.8. The van der Waals surface area contributed by atoms with Gasteiger partial charge in [-0.25, -0.2) is 9.59 Å². The summed E-state index contributed by atoms with van der Waals surface area (Å²) in [6.45, 7) is 6.34. The van der Waals surface area contributed by atoms with Crippen LogP contribution in [0, 0.1) is 6.92 Å². The van der Waals surface area contributed by atoms with Crippen molar-refractivity contribution in [3.8, 4) is 0 Å². The van der Waals surface area contributed by atoms with Gasteiger partial charge in [0, 0.05) is 23.8 Å². The highest BCUT2D eigenvalue weighted by atomic mass is 35.5. The Balaban J connectivity index is 2.47. The van der Waals surface area contributed by atoms with Crippen LogP contribution >= 0.6 is 11.6 Å². The molecule has 0 unspecified atom stereocenters. The zero-order valence-corrected chi connectivity index (χ0v) is 17.1. The number of nitrogen functional groups attached to an aromatic ring is 1. The Morgan fingerprint density at radius 3 is 2.61 bits per heavy atom. The van der Waals surface area contributed by atoms with Crippen LogP contribution in [0.2, 0.25) is 5.02 Å². The van der Waals surface area contributed by atoms with Gasteiger partial charge in [0.15, 0.2) is 5.69 Å². The summed E-state index contributed by atoms with van der Waals surface area (Å²) in [6.07, 6.45) is 2.12. The first-order chi connectivity index (χ1) is 13.3. The molecule has 0 aliphatic rings. The summed E-state index contributed by atoms with van der Waals surface area (Å²) in [5.74, 6) is -0.0243. The number of aryl methyl sites for hydroxylation is 1. The second-order valence-electron chi connectivity index (χ2n) is 6.54. The van der Waals surface area contributed by atoms with Crippen molar-refractivity contribution in [3.05, 3.63) is 49.6 Å². The lowest BCUT2D eigenvalue weighted by atomic mass is 10.2. The van der Waals surface area contributed by atoms with Gasteiger partial charge in [0.2, 0.25) is 0 Å². The first-order valence-electron chi connectivity index (χ1n) is 9.27. The van der Waals surface area contributed by atoms with Gasteiger partial charge in [-0.05, 0) is 37.5 Å². The average Bonchev–Trinajstić information content (AvgIpc) is 2.64. The smallest absolute Gasteiger partial charge is 0.330 e. The molecule has 152 valence electrons. The van der Waals surface area contributed by atoms with Gasteiger partial charge in [-0.3, -0.25) is 19.2 Å². The van der Waals surface area contributed by atoms with E-state index in [9.17, 15) is 14.4 Å². The third-order valence-corrected chi connectivity index (χ3v) is 4.74. The normalized spacial score (nSPS) is 10.7. The lowest BCUT2D eigenvalue weighted by Crippen LogP contribution is -2.43. The summed E-state index contributed by atoms with van der Waals surface area (Å²) in [7, 11) is 0. The van der Waals surface area contributed by atoms with Crippen molar-refractivity contribution < 1.29 is 4.79 Å². The molecule has 0 atom stereocenters. The molecule has 28 heavy (non-hydrogen) atoms. The third kappa shape index (κ3) is 4.75. The van der Waals surface area contributed by atoms with Gasteiger partial charge in [-0.1, -0.05) is 37.9 Å². The number of amides is 2. The summed E-state index contributed by atoms with van der Waals surface area (Å²) in [4.78, 5) is 41.0. The number of aromatic amines is 1. The molecule has 0 radical (unpaired) electrons. The molecular formula is C19H26ClN5O3. The fourth-order valence-corrected chi connectivity index (χ4v) is 2.96. The molecule has 0 aliphatic heterocycles. The van der Waals surface area contributed by atoms with Crippen molar-refractivity contribution in [1.29, 1.82) is 0 Å². The van der Waals surface area contributed by atoms with Gasteiger partial charge in [0.1, 0.15) is 5.82 Å². The highest BCUT2D eigenvalue weighted by Crippen LogP contribution is 2.22. The summed E-state index contributed by atoms with van der Waals surface area (Å²) in [5, 5.41) is 3.26. The van der Waals surface area contributed by atoms with E-state index < -0.39 is 17.3 Å². The van der Waals surface area contributed by atoms with E-state index in [1.807, 2.05) is 20.8 Å². The molecule has 8 nitrogen and oxygen atoms in total. The number of anilines is 3. The van der Waals surface area contributed by atoms with E-state index in [4.69, 9.17) is 17.3 Å². The monoisotopic (exact) mass is 407 g/mol. The minimum atomic E-state index is -0.692. The van der Waals surface area contributed by atoms with Gasteiger partial charge in [0.25, 0.3) is 5.56 Å². The number of urea groups is 1. The minimum absolute atomic E-state index is 0.0243. The highest BCUT2D eigenvalue weighted by Gasteiger charge is 2.24. The van der Waals surface area contributed by atoms with Crippen LogP contribution in [-0.2, 0) is 6.54 Å². The number of rotatable bonds is 7. The number of carbonyl (C=O) groups is 1. The molecule has 0 saturated heterocycles. The quantitative estimate of drug-likeness (QED) is 0.653. The van der Waals surface area contributed by atoms with Gasteiger partial charge in [-0.2, -0.15) is 0 Å². The fraction of sp³-hybridized carbons (Fsp3) is 0.421. The molecular weight excluding hydrogens is 382 g/mol. The van der Waals surface area contributed by atoms with Crippen LogP contribution < -0.4 is 27.2 Å². The first-order valence-corrected chi connectivity index (χ1v) is 9.65. The molecule has 1 aromatic carbocycles. The van der Waals surface area contributed by atoms with Crippen LogP contribution in [0.4, 0.5) is 22.0 Å². The van der Waals surface area contributed by atoms with Crippen LogP contribution in [0.1, 0.15) is 38.7 Å². The number of H-pyrrole nitrogens is 1. The number of nitrogens with zero attached hydrogens (tertiary/aromatic N) is 2. The van der Waals surface area contributed by atoms with Crippen molar-refractivity contribution in [2.45, 2.75) is 46.6 Å². The van der Waals surface area contributed by atoms with Crippen molar-refractivity contribution in [2.75, 3.05) is 22.5 Å². The molecule has 9 heteroatoms. The number of unbranched alkanes of at least 4 members (excludes halogenated alkanes) is 1. The van der Waals surface area contributed by atoms with Crippen molar-refractivity contribution in [1.82, 2.24) is 9.55 Å². The fourth-order valence-electron chi connectivity index (χ4n) is 2.78. The van der Waals surface area contributed by atoms with E-state index in [1.54, 1.807) is 18.2 Å². The molecule has 4 N–H and O–H groups in total. The molecule has 0 spiro atoms. The number of nitrogens with one attached hydrogen (secondary N) is 2. The number of benzene rings is 1. The summed E-state index contributed by atoms with van der Waals surface area (Å²) in [6, 6.07) is 4.63. The molecule has 2 amide bonds. The van der Waals surface area contributed by atoms with E-state index in [-0.39, 0.29) is 18.1 Å². The molecule has 1 aromatic heterocycles. The lowest BCUT2D eigenvalue weighted by molar-refractivity contribution is 0.256. The average molecular weight is 408 g/mol.